The van der Waals surface area contributed by atoms with Crippen LogP contribution in [0.1, 0.15) is 32.1 Å². The fraction of sp³-hybridized carbons (Fsp3) is 0.917. The summed E-state index contributed by atoms with van der Waals surface area (Å²) in [6.07, 6.45) is 5.70. The van der Waals surface area contributed by atoms with E-state index in [1.54, 1.807) is 7.05 Å². The Bertz CT molecular complexity index is 373. The van der Waals surface area contributed by atoms with Crippen molar-refractivity contribution in [2.24, 2.45) is 11.7 Å². The second-order valence-electron chi connectivity index (χ2n) is 5.43. The molecule has 0 bridgehead atoms. The molecule has 0 spiro atoms. The lowest BCUT2D eigenvalue weighted by molar-refractivity contribution is -0.130. The molecule has 1 amide bonds. The van der Waals surface area contributed by atoms with Crippen molar-refractivity contribution in [3.05, 3.63) is 0 Å². The molecule has 106 valence electrons. The summed E-state index contributed by atoms with van der Waals surface area (Å²) >= 11 is 0. The molecule has 1 aliphatic rings. The van der Waals surface area contributed by atoms with Gasteiger partial charge in [-0.1, -0.05) is 0 Å². The van der Waals surface area contributed by atoms with Gasteiger partial charge in [-0.25, -0.2) is 8.42 Å². The molecule has 2 N–H and O–H groups in total. The van der Waals surface area contributed by atoms with Crippen molar-refractivity contribution < 1.29 is 13.2 Å². The van der Waals surface area contributed by atoms with Crippen LogP contribution in [0.5, 0.6) is 0 Å². The molecule has 0 radical (unpaired) electrons. The van der Waals surface area contributed by atoms with E-state index >= 15 is 0 Å². The van der Waals surface area contributed by atoms with Gasteiger partial charge in [0.1, 0.15) is 9.84 Å². The maximum absolute atomic E-state index is 11.9. The third-order valence-electron chi connectivity index (χ3n) is 3.58. The molecule has 0 atom stereocenters. The van der Waals surface area contributed by atoms with Crippen LogP contribution in [0.3, 0.4) is 0 Å². The Hall–Kier alpha value is -0.620. The van der Waals surface area contributed by atoms with Crippen LogP contribution in [0.2, 0.25) is 0 Å². The lowest BCUT2D eigenvalue weighted by Crippen LogP contribution is -2.34. The van der Waals surface area contributed by atoms with Crippen LogP contribution in [-0.4, -0.2) is 50.9 Å². The Kier molecular flexibility index (Phi) is 5.59. The van der Waals surface area contributed by atoms with Gasteiger partial charge in [-0.15, -0.1) is 0 Å². The average molecular weight is 276 g/mol. The Morgan fingerprint density at radius 2 is 1.83 bits per heavy atom. The number of carbonyl (C=O) groups is 1. The smallest absolute Gasteiger partial charge is 0.222 e. The molecular weight excluding hydrogens is 252 g/mol. The highest BCUT2D eigenvalue weighted by Gasteiger charge is 2.22. The van der Waals surface area contributed by atoms with Gasteiger partial charge in [-0.3, -0.25) is 4.79 Å². The number of nitrogens with two attached hydrogens (primary N) is 1. The van der Waals surface area contributed by atoms with Crippen molar-refractivity contribution in [1.82, 2.24) is 4.90 Å². The largest absolute Gasteiger partial charge is 0.345 e. The van der Waals surface area contributed by atoms with Crippen LogP contribution in [0.4, 0.5) is 0 Å². The van der Waals surface area contributed by atoms with Crippen LogP contribution >= 0.6 is 0 Å². The van der Waals surface area contributed by atoms with Gasteiger partial charge in [0.15, 0.2) is 0 Å². The van der Waals surface area contributed by atoms with E-state index in [4.69, 9.17) is 5.73 Å². The third kappa shape index (κ3) is 5.82. The maximum atomic E-state index is 11.9. The Morgan fingerprint density at radius 1 is 1.28 bits per heavy atom. The number of hydrogen-bond donors (Lipinski definition) is 1. The highest BCUT2D eigenvalue weighted by atomic mass is 32.2. The molecule has 0 saturated heterocycles. The van der Waals surface area contributed by atoms with E-state index < -0.39 is 9.84 Å². The van der Waals surface area contributed by atoms with E-state index in [1.165, 1.54) is 11.2 Å². The lowest BCUT2D eigenvalue weighted by Gasteiger charge is -2.27. The van der Waals surface area contributed by atoms with Gasteiger partial charge in [0, 0.05) is 32.3 Å². The minimum absolute atomic E-state index is 0.0325. The Labute approximate surface area is 110 Å². The standard InChI is InChI=1S/C12H24N2O3S/c1-14(7-8-18(2,16)17)12(15)9-10-3-5-11(13)6-4-10/h10-11H,3-9,13H2,1-2H3. The predicted molar refractivity (Wildman–Crippen MR) is 71.9 cm³/mol. The van der Waals surface area contributed by atoms with Crippen LogP contribution in [0.25, 0.3) is 0 Å². The van der Waals surface area contributed by atoms with Crippen LogP contribution < -0.4 is 5.73 Å². The first-order chi connectivity index (χ1) is 8.28. The third-order valence-corrected chi connectivity index (χ3v) is 4.50. The van der Waals surface area contributed by atoms with Crippen LogP contribution in [0, 0.1) is 5.92 Å². The van der Waals surface area contributed by atoms with Crippen molar-refractivity contribution in [3.63, 3.8) is 0 Å². The van der Waals surface area contributed by atoms with Gasteiger partial charge >= 0.3 is 0 Å². The summed E-state index contributed by atoms with van der Waals surface area (Å²) in [6, 6.07) is 0.291. The summed E-state index contributed by atoms with van der Waals surface area (Å²) in [5, 5.41) is 0. The van der Waals surface area contributed by atoms with Gasteiger partial charge in [-0.05, 0) is 31.6 Å². The number of hydrogen-bond acceptors (Lipinski definition) is 4. The molecule has 0 aliphatic heterocycles. The molecule has 5 nitrogen and oxygen atoms in total. The maximum Gasteiger partial charge on any atom is 0.222 e. The molecule has 1 saturated carbocycles. The van der Waals surface area contributed by atoms with Crippen molar-refractivity contribution in [2.75, 3.05) is 25.6 Å². The molecule has 1 fully saturated rings. The molecule has 1 rings (SSSR count). The van der Waals surface area contributed by atoms with E-state index in [-0.39, 0.29) is 18.2 Å². The monoisotopic (exact) mass is 276 g/mol. The highest BCUT2D eigenvalue weighted by molar-refractivity contribution is 7.90. The van der Waals surface area contributed by atoms with Gasteiger partial charge in [-0.2, -0.15) is 0 Å². The minimum atomic E-state index is -3.00. The molecule has 6 heteroatoms. The topological polar surface area (TPSA) is 80.5 Å². The average Bonchev–Trinajstić information content (AvgIpc) is 2.28. The summed E-state index contributed by atoms with van der Waals surface area (Å²) in [4.78, 5) is 13.4. The molecule has 0 aromatic carbocycles. The first-order valence-corrected chi connectivity index (χ1v) is 8.51. The second kappa shape index (κ2) is 6.52. The first-order valence-electron chi connectivity index (χ1n) is 6.45. The van der Waals surface area contributed by atoms with E-state index in [0.29, 0.717) is 18.4 Å². The molecule has 1 aliphatic carbocycles. The predicted octanol–water partition coefficient (Wildman–Crippen LogP) is 0.397. The van der Waals surface area contributed by atoms with E-state index in [2.05, 4.69) is 0 Å². The lowest BCUT2D eigenvalue weighted by atomic mass is 9.84. The first kappa shape index (κ1) is 15.4. The van der Waals surface area contributed by atoms with Crippen molar-refractivity contribution in [3.8, 4) is 0 Å². The molecule has 0 aromatic rings. The summed E-state index contributed by atoms with van der Waals surface area (Å²) in [5.74, 6) is 0.488. The second-order valence-corrected chi connectivity index (χ2v) is 7.69. The minimum Gasteiger partial charge on any atom is -0.345 e. The quantitative estimate of drug-likeness (QED) is 0.788. The van der Waals surface area contributed by atoms with Gasteiger partial charge < -0.3 is 10.6 Å². The van der Waals surface area contributed by atoms with Crippen LogP contribution in [-0.2, 0) is 14.6 Å². The van der Waals surface area contributed by atoms with Gasteiger partial charge in [0.05, 0.1) is 5.75 Å². The zero-order valence-corrected chi connectivity index (χ0v) is 12.1. The fourth-order valence-electron chi connectivity index (χ4n) is 2.22. The van der Waals surface area contributed by atoms with Crippen molar-refractivity contribution in [2.45, 2.75) is 38.1 Å². The van der Waals surface area contributed by atoms with E-state index in [0.717, 1.165) is 25.7 Å². The number of rotatable bonds is 5. The van der Waals surface area contributed by atoms with Crippen LogP contribution in [0.15, 0.2) is 0 Å². The molecule has 0 aromatic heterocycles. The zero-order chi connectivity index (χ0) is 13.8. The SMILES string of the molecule is CN(CCS(C)(=O)=O)C(=O)CC1CCC(N)CC1. The summed E-state index contributed by atoms with van der Waals surface area (Å²) < 4.78 is 22.1. The molecule has 0 unspecified atom stereocenters. The van der Waals surface area contributed by atoms with Crippen molar-refractivity contribution >= 4 is 15.7 Å². The number of carbonyl (C=O) groups excluding carboxylic acids is 1. The summed E-state index contributed by atoms with van der Waals surface area (Å²) in [7, 11) is -1.33. The summed E-state index contributed by atoms with van der Waals surface area (Å²) in [5.41, 5.74) is 5.82. The fourth-order valence-corrected chi connectivity index (χ4v) is 2.83. The van der Waals surface area contributed by atoms with Gasteiger partial charge in [0.25, 0.3) is 0 Å². The normalized spacial score (nSPS) is 24.8. The van der Waals surface area contributed by atoms with E-state index in [9.17, 15) is 13.2 Å². The molecular formula is C12H24N2O3S. The molecule has 0 heterocycles. The van der Waals surface area contributed by atoms with Gasteiger partial charge in [0.2, 0.25) is 5.91 Å². The zero-order valence-electron chi connectivity index (χ0n) is 11.3. The number of amides is 1. The summed E-state index contributed by atoms with van der Waals surface area (Å²) in [6.45, 7) is 0.282. The van der Waals surface area contributed by atoms with E-state index in [1.807, 2.05) is 0 Å². The Balaban J connectivity index is 2.31. The van der Waals surface area contributed by atoms with Crippen molar-refractivity contribution in [1.29, 1.82) is 0 Å². The number of nitrogens with zero attached hydrogens (tertiary/aromatic N) is 1. The highest BCUT2D eigenvalue weighted by Crippen LogP contribution is 2.26. The number of sulfone groups is 1. The Morgan fingerprint density at radius 3 is 2.33 bits per heavy atom. The molecule has 18 heavy (non-hydrogen) atoms.